The van der Waals surface area contributed by atoms with E-state index in [4.69, 9.17) is 0 Å². The lowest BCUT2D eigenvalue weighted by Gasteiger charge is -2.19. The molecule has 1 amide bonds. The largest absolute Gasteiger partial charge is 0.416 e. The van der Waals surface area contributed by atoms with Crippen LogP contribution in [0.1, 0.15) is 74.0 Å². The van der Waals surface area contributed by atoms with Gasteiger partial charge >= 0.3 is 6.18 Å². The molecule has 0 saturated carbocycles. The fourth-order valence-electron chi connectivity index (χ4n) is 4.16. The van der Waals surface area contributed by atoms with E-state index in [0.29, 0.717) is 41.2 Å². The maximum Gasteiger partial charge on any atom is 0.416 e. The van der Waals surface area contributed by atoms with Crippen LogP contribution in [0.5, 0.6) is 0 Å². The summed E-state index contributed by atoms with van der Waals surface area (Å²) in [6.07, 6.45) is -2.76. The van der Waals surface area contributed by atoms with Gasteiger partial charge in [0.15, 0.2) is 5.16 Å². The Morgan fingerprint density at radius 2 is 1.72 bits per heavy atom. The molecular weight excluding hydrogens is 523 g/mol. The number of hydrogen-bond acceptors (Lipinski definition) is 4. The van der Waals surface area contributed by atoms with Gasteiger partial charge in [0.05, 0.1) is 10.8 Å². The summed E-state index contributed by atoms with van der Waals surface area (Å²) >= 11 is 1.20. The summed E-state index contributed by atoms with van der Waals surface area (Å²) in [4.78, 5) is 31.0. The van der Waals surface area contributed by atoms with Gasteiger partial charge < -0.3 is 5.32 Å². The highest BCUT2D eigenvalue weighted by atomic mass is 32.2. The number of aromatic nitrogens is 2. The number of nitrogens with one attached hydrogen (secondary N) is 1. The van der Waals surface area contributed by atoms with Crippen LogP contribution in [0, 0.1) is 6.92 Å². The molecule has 39 heavy (non-hydrogen) atoms. The summed E-state index contributed by atoms with van der Waals surface area (Å²) in [6, 6.07) is 13.1. The van der Waals surface area contributed by atoms with Crippen molar-refractivity contribution in [2.24, 2.45) is 7.05 Å². The first kappa shape index (κ1) is 30.5. The minimum Gasteiger partial charge on any atom is -0.351 e. The van der Waals surface area contributed by atoms with Crippen LogP contribution >= 0.6 is 11.8 Å². The van der Waals surface area contributed by atoms with Gasteiger partial charge in [-0.2, -0.15) is 13.2 Å². The predicted molar refractivity (Wildman–Crippen MR) is 150 cm³/mol. The maximum absolute atomic E-state index is 13.3. The third-order valence-corrected chi connectivity index (χ3v) is 7.87. The van der Waals surface area contributed by atoms with Crippen LogP contribution in [0.25, 0.3) is 0 Å². The molecule has 2 aromatic carbocycles. The molecule has 0 spiro atoms. The van der Waals surface area contributed by atoms with Crippen LogP contribution < -0.4 is 10.9 Å². The molecule has 1 heterocycles. The van der Waals surface area contributed by atoms with Crippen LogP contribution in [-0.4, -0.2) is 20.7 Å². The lowest BCUT2D eigenvalue weighted by molar-refractivity contribution is -0.137. The zero-order valence-electron chi connectivity index (χ0n) is 23.3. The van der Waals surface area contributed by atoms with Crippen molar-refractivity contribution in [2.45, 2.75) is 82.4 Å². The highest BCUT2D eigenvalue weighted by molar-refractivity contribution is 8.00. The molecule has 9 heteroatoms. The number of alkyl halides is 3. The minimum atomic E-state index is -4.45. The summed E-state index contributed by atoms with van der Waals surface area (Å²) in [7, 11) is 1.65. The van der Waals surface area contributed by atoms with E-state index in [9.17, 15) is 22.8 Å². The number of carbonyl (C=O) groups excluding carboxylic acids is 1. The first-order valence-corrected chi connectivity index (χ1v) is 13.8. The molecule has 0 radical (unpaired) electrons. The molecule has 0 saturated heterocycles. The van der Waals surface area contributed by atoms with Gasteiger partial charge in [0.25, 0.3) is 5.56 Å². The summed E-state index contributed by atoms with van der Waals surface area (Å²) in [5, 5.41) is 2.63. The number of hydrogen-bond donors (Lipinski definition) is 1. The standard InChI is InChI=1S/C30H36F3N3O2S/c1-7-9-25(26(37)34-18-21-10-8-11-23(16-21)30(31,32)33)39-28-35-19(2)24(27(38)36(28)6)17-20-12-14-22(15-13-20)29(3,4)5/h8,10-16,25H,7,9,17-18H2,1-6H3,(H,34,37). The van der Waals surface area contributed by atoms with Crippen molar-refractivity contribution in [1.82, 2.24) is 14.9 Å². The molecule has 1 N–H and O–H groups in total. The molecular formula is C30H36F3N3O2S. The number of nitrogens with zero attached hydrogens (tertiary/aromatic N) is 2. The average molecular weight is 560 g/mol. The second kappa shape index (κ2) is 12.4. The van der Waals surface area contributed by atoms with Crippen LogP contribution in [-0.2, 0) is 36.4 Å². The van der Waals surface area contributed by atoms with Gasteiger partial charge in [0.1, 0.15) is 0 Å². The molecule has 1 unspecified atom stereocenters. The molecule has 0 aliphatic rings. The van der Waals surface area contributed by atoms with E-state index < -0.39 is 17.0 Å². The topological polar surface area (TPSA) is 64.0 Å². The fourth-order valence-corrected chi connectivity index (χ4v) is 5.39. The van der Waals surface area contributed by atoms with Gasteiger partial charge in [0.2, 0.25) is 5.91 Å². The fraction of sp³-hybridized carbons (Fsp3) is 0.433. The number of thioether (sulfide) groups is 1. The Balaban J connectivity index is 1.75. The molecule has 1 atom stereocenters. The van der Waals surface area contributed by atoms with Gasteiger partial charge in [-0.05, 0) is 47.6 Å². The third kappa shape index (κ3) is 7.97. The van der Waals surface area contributed by atoms with E-state index in [1.165, 1.54) is 28.0 Å². The van der Waals surface area contributed by atoms with Crippen molar-refractivity contribution in [2.75, 3.05) is 0 Å². The monoisotopic (exact) mass is 559 g/mol. The summed E-state index contributed by atoms with van der Waals surface area (Å²) in [5.74, 6) is -0.311. The van der Waals surface area contributed by atoms with E-state index in [1.807, 2.05) is 19.1 Å². The van der Waals surface area contributed by atoms with Crippen LogP contribution in [0.3, 0.4) is 0 Å². The summed E-state index contributed by atoms with van der Waals surface area (Å²) in [5.41, 5.74) is 2.93. The van der Waals surface area contributed by atoms with Crippen molar-refractivity contribution >= 4 is 17.7 Å². The maximum atomic E-state index is 13.3. The van der Waals surface area contributed by atoms with Crippen LogP contribution in [0.15, 0.2) is 58.5 Å². The van der Waals surface area contributed by atoms with E-state index in [2.05, 4.69) is 43.2 Å². The Morgan fingerprint density at radius 1 is 1.05 bits per heavy atom. The number of rotatable bonds is 9. The number of aryl methyl sites for hydroxylation is 1. The Hall–Kier alpha value is -3.07. The van der Waals surface area contributed by atoms with E-state index in [1.54, 1.807) is 20.0 Å². The SMILES string of the molecule is CCCC(Sc1nc(C)c(Cc2ccc(C(C)(C)C)cc2)c(=O)n1C)C(=O)NCc1cccc(C(F)(F)F)c1. The summed E-state index contributed by atoms with van der Waals surface area (Å²) < 4.78 is 40.5. The van der Waals surface area contributed by atoms with E-state index in [0.717, 1.165) is 17.7 Å². The Morgan fingerprint density at radius 3 is 2.31 bits per heavy atom. The molecule has 210 valence electrons. The molecule has 0 fully saturated rings. The molecule has 3 aromatic rings. The average Bonchev–Trinajstić information content (AvgIpc) is 2.87. The van der Waals surface area contributed by atoms with Crippen molar-refractivity contribution in [3.8, 4) is 0 Å². The zero-order chi connectivity index (χ0) is 29.0. The molecule has 3 rings (SSSR count). The molecule has 0 aliphatic carbocycles. The molecule has 5 nitrogen and oxygen atoms in total. The van der Waals surface area contributed by atoms with E-state index >= 15 is 0 Å². The van der Waals surface area contributed by atoms with Gasteiger partial charge in [-0.25, -0.2) is 4.98 Å². The van der Waals surface area contributed by atoms with Crippen molar-refractivity contribution in [1.29, 1.82) is 0 Å². The van der Waals surface area contributed by atoms with Gasteiger partial charge in [-0.15, -0.1) is 0 Å². The predicted octanol–water partition coefficient (Wildman–Crippen LogP) is 6.57. The molecule has 1 aromatic heterocycles. The third-order valence-electron chi connectivity index (χ3n) is 6.56. The number of halogens is 3. The zero-order valence-corrected chi connectivity index (χ0v) is 24.1. The smallest absolute Gasteiger partial charge is 0.351 e. The molecule has 0 aliphatic heterocycles. The second-order valence-electron chi connectivity index (χ2n) is 10.8. The number of carbonyl (C=O) groups is 1. The summed E-state index contributed by atoms with van der Waals surface area (Å²) in [6.45, 7) is 10.2. The van der Waals surface area contributed by atoms with Gasteiger partial charge in [-0.1, -0.05) is 82.3 Å². The number of benzene rings is 2. The Labute approximate surface area is 232 Å². The molecule has 0 bridgehead atoms. The Kier molecular flexibility index (Phi) is 9.69. The Bertz CT molecular complexity index is 1360. The quantitative estimate of drug-likeness (QED) is 0.238. The van der Waals surface area contributed by atoms with Crippen molar-refractivity contribution in [3.63, 3.8) is 0 Å². The second-order valence-corrected chi connectivity index (χ2v) is 11.9. The first-order chi connectivity index (χ1) is 18.2. The highest BCUT2D eigenvalue weighted by Gasteiger charge is 2.30. The van der Waals surface area contributed by atoms with Crippen molar-refractivity contribution in [3.05, 3.63) is 92.4 Å². The lowest BCUT2D eigenvalue weighted by Crippen LogP contribution is -2.33. The number of amides is 1. The van der Waals surface area contributed by atoms with Gasteiger partial charge in [-0.3, -0.25) is 14.2 Å². The highest BCUT2D eigenvalue weighted by Crippen LogP contribution is 2.30. The first-order valence-electron chi connectivity index (χ1n) is 13.0. The van der Waals surface area contributed by atoms with E-state index in [-0.39, 0.29) is 23.4 Å². The normalized spacial score (nSPS) is 12.8. The van der Waals surface area contributed by atoms with Crippen LogP contribution in [0.4, 0.5) is 13.2 Å². The lowest BCUT2D eigenvalue weighted by atomic mass is 9.86. The van der Waals surface area contributed by atoms with Gasteiger partial charge in [0, 0.05) is 31.3 Å². The minimum absolute atomic E-state index is 0.0259. The van der Waals surface area contributed by atoms with Crippen LogP contribution in [0.2, 0.25) is 0 Å². The van der Waals surface area contributed by atoms with Crippen molar-refractivity contribution < 1.29 is 18.0 Å².